The summed E-state index contributed by atoms with van der Waals surface area (Å²) in [5, 5.41) is 3.07. The van der Waals surface area contributed by atoms with Gasteiger partial charge in [0.1, 0.15) is 0 Å². The maximum Gasteiger partial charge on any atom is 0.254 e. The van der Waals surface area contributed by atoms with E-state index in [1.807, 2.05) is 0 Å². The first-order valence-electron chi connectivity index (χ1n) is 8.42. The molecule has 0 unspecified atom stereocenters. The van der Waals surface area contributed by atoms with Crippen LogP contribution >= 0.6 is 0 Å². The summed E-state index contributed by atoms with van der Waals surface area (Å²) < 4.78 is 19.1. The standard InChI is InChI=1S/C17H20FN3O3/c18-14-9-11(3-6-19-14)15(22)21-7-4-13-17(10-21,5-8-24-13)16(23)20-12-1-2-12/h3,6,9,12-13H,1-2,4-5,7-8,10H2,(H,20,23)/t13-,17-/m1/s1. The summed E-state index contributed by atoms with van der Waals surface area (Å²) in [5.41, 5.74) is -0.417. The van der Waals surface area contributed by atoms with Crippen molar-refractivity contribution in [3.8, 4) is 0 Å². The number of hydrogen-bond donors (Lipinski definition) is 1. The summed E-state index contributed by atoms with van der Waals surface area (Å²) >= 11 is 0. The molecule has 6 nitrogen and oxygen atoms in total. The largest absolute Gasteiger partial charge is 0.377 e. The Morgan fingerprint density at radius 2 is 2.21 bits per heavy atom. The summed E-state index contributed by atoms with van der Waals surface area (Å²) in [6.45, 7) is 1.36. The first-order valence-corrected chi connectivity index (χ1v) is 8.42. The summed E-state index contributed by atoms with van der Waals surface area (Å²) in [5.74, 6) is -0.952. The number of carbonyl (C=O) groups is 2. The molecule has 2 aliphatic heterocycles. The van der Waals surface area contributed by atoms with E-state index in [9.17, 15) is 14.0 Å². The van der Waals surface area contributed by atoms with Crippen LogP contribution in [0.15, 0.2) is 18.3 Å². The lowest BCUT2D eigenvalue weighted by molar-refractivity contribution is -0.138. The fraction of sp³-hybridized carbons (Fsp3) is 0.588. The molecule has 3 fully saturated rings. The lowest BCUT2D eigenvalue weighted by Gasteiger charge is -2.42. The zero-order valence-corrected chi connectivity index (χ0v) is 13.3. The van der Waals surface area contributed by atoms with Crippen molar-refractivity contribution in [3.63, 3.8) is 0 Å². The molecule has 2 saturated heterocycles. The highest BCUT2D eigenvalue weighted by atomic mass is 19.1. The van der Waals surface area contributed by atoms with Crippen molar-refractivity contribution in [2.45, 2.75) is 37.8 Å². The number of carbonyl (C=O) groups excluding carboxylic acids is 2. The molecule has 7 heteroatoms. The number of halogens is 1. The number of fused-ring (bicyclic) bond motifs is 1. The highest BCUT2D eigenvalue weighted by Gasteiger charge is 2.54. The molecule has 1 saturated carbocycles. The lowest BCUT2D eigenvalue weighted by atomic mass is 9.75. The van der Waals surface area contributed by atoms with Gasteiger partial charge in [-0.05, 0) is 31.7 Å². The van der Waals surface area contributed by atoms with Gasteiger partial charge < -0.3 is 15.0 Å². The number of rotatable bonds is 3. The molecule has 3 heterocycles. The fourth-order valence-electron chi connectivity index (χ4n) is 3.72. The minimum Gasteiger partial charge on any atom is -0.377 e. The number of nitrogens with one attached hydrogen (secondary N) is 1. The molecule has 0 radical (unpaired) electrons. The molecule has 0 spiro atoms. The van der Waals surface area contributed by atoms with Crippen molar-refractivity contribution < 1.29 is 18.7 Å². The second kappa shape index (κ2) is 5.81. The summed E-state index contributed by atoms with van der Waals surface area (Å²) in [7, 11) is 0. The van der Waals surface area contributed by atoms with Crippen molar-refractivity contribution >= 4 is 11.8 Å². The van der Waals surface area contributed by atoms with Gasteiger partial charge in [-0.3, -0.25) is 9.59 Å². The van der Waals surface area contributed by atoms with E-state index in [2.05, 4.69) is 10.3 Å². The second-order valence-electron chi connectivity index (χ2n) is 6.90. The molecular formula is C17H20FN3O3. The van der Waals surface area contributed by atoms with Gasteiger partial charge >= 0.3 is 0 Å². The van der Waals surface area contributed by atoms with Gasteiger partial charge in [-0.15, -0.1) is 0 Å². The van der Waals surface area contributed by atoms with Crippen molar-refractivity contribution in [3.05, 3.63) is 29.8 Å². The first-order chi connectivity index (χ1) is 11.6. The van der Waals surface area contributed by atoms with Crippen LogP contribution in [0.3, 0.4) is 0 Å². The number of aromatic nitrogens is 1. The van der Waals surface area contributed by atoms with Crippen LogP contribution in [-0.2, 0) is 9.53 Å². The van der Waals surface area contributed by atoms with Gasteiger partial charge in [0.05, 0.1) is 11.5 Å². The smallest absolute Gasteiger partial charge is 0.254 e. The maximum atomic E-state index is 13.3. The van der Waals surface area contributed by atoms with E-state index in [0.717, 1.165) is 18.9 Å². The van der Waals surface area contributed by atoms with Gasteiger partial charge in [0.15, 0.2) is 0 Å². The normalized spacial score (nSPS) is 29.2. The Bertz CT molecular complexity index is 679. The van der Waals surface area contributed by atoms with E-state index in [1.54, 1.807) is 4.90 Å². The quantitative estimate of drug-likeness (QED) is 0.842. The van der Waals surface area contributed by atoms with Crippen LogP contribution in [0.5, 0.6) is 0 Å². The SMILES string of the molecule is O=C(c1ccnc(F)c1)N1CC[C@H]2OCC[C@@]2(C(=O)NC2CC2)C1. The summed E-state index contributed by atoms with van der Waals surface area (Å²) in [6.07, 6.45) is 4.42. The highest BCUT2D eigenvalue weighted by molar-refractivity contribution is 5.95. The summed E-state index contributed by atoms with van der Waals surface area (Å²) in [4.78, 5) is 30.6. The molecule has 1 aromatic rings. The molecule has 0 aromatic carbocycles. The molecule has 2 amide bonds. The Balaban J connectivity index is 1.55. The van der Waals surface area contributed by atoms with Crippen LogP contribution < -0.4 is 5.32 Å². The number of pyridine rings is 1. The minimum absolute atomic E-state index is 0.00842. The Morgan fingerprint density at radius 3 is 2.96 bits per heavy atom. The van der Waals surface area contributed by atoms with E-state index in [4.69, 9.17) is 4.74 Å². The molecule has 3 aliphatic rings. The number of hydrogen-bond acceptors (Lipinski definition) is 4. The van der Waals surface area contributed by atoms with Crippen LogP contribution in [0.2, 0.25) is 0 Å². The molecule has 24 heavy (non-hydrogen) atoms. The maximum absolute atomic E-state index is 13.3. The predicted molar refractivity (Wildman–Crippen MR) is 82.7 cm³/mol. The number of piperidine rings is 1. The Hall–Kier alpha value is -2.02. The van der Waals surface area contributed by atoms with E-state index in [1.165, 1.54) is 12.3 Å². The van der Waals surface area contributed by atoms with Crippen LogP contribution in [0.1, 0.15) is 36.0 Å². The number of nitrogens with zero attached hydrogens (tertiary/aromatic N) is 2. The monoisotopic (exact) mass is 333 g/mol. The fourth-order valence-corrected chi connectivity index (χ4v) is 3.72. The second-order valence-corrected chi connectivity index (χ2v) is 6.90. The van der Waals surface area contributed by atoms with Crippen LogP contribution in [0.4, 0.5) is 4.39 Å². The zero-order valence-electron chi connectivity index (χ0n) is 13.3. The van der Waals surface area contributed by atoms with Gasteiger partial charge in [0, 0.05) is 43.6 Å². The van der Waals surface area contributed by atoms with Crippen molar-refractivity contribution in [1.29, 1.82) is 0 Å². The molecule has 4 rings (SSSR count). The van der Waals surface area contributed by atoms with E-state index >= 15 is 0 Å². The van der Waals surface area contributed by atoms with Gasteiger partial charge in [0.25, 0.3) is 5.91 Å². The number of amides is 2. The molecule has 2 atom stereocenters. The van der Waals surface area contributed by atoms with Crippen molar-refractivity contribution in [2.24, 2.45) is 5.41 Å². The van der Waals surface area contributed by atoms with Crippen LogP contribution in [-0.4, -0.2) is 53.5 Å². The average molecular weight is 333 g/mol. The molecule has 1 N–H and O–H groups in total. The topological polar surface area (TPSA) is 71.5 Å². The van der Waals surface area contributed by atoms with E-state index < -0.39 is 11.4 Å². The van der Waals surface area contributed by atoms with Crippen molar-refractivity contribution in [2.75, 3.05) is 19.7 Å². The highest BCUT2D eigenvalue weighted by Crippen LogP contribution is 2.42. The minimum atomic E-state index is -0.680. The average Bonchev–Trinajstić information content (AvgIpc) is 3.28. The molecule has 0 bridgehead atoms. The Labute approximate surface area is 139 Å². The molecular weight excluding hydrogens is 313 g/mol. The Kier molecular flexibility index (Phi) is 3.75. The third kappa shape index (κ3) is 2.66. The molecule has 128 valence electrons. The summed E-state index contributed by atoms with van der Waals surface area (Å²) in [6, 6.07) is 2.91. The Morgan fingerprint density at radius 1 is 1.38 bits per heavy atom. The van der Waals surface area contributed by atoms with Gasteiger partial charge in [-0.25, -0.2) is 4.98 Å². The van der Waals surface area contributed by atoms with Crippen molar-refractivity contribution in [1.82, 2.24) is 15.2 Å². The van der Waals surface area contributed by atoms with Gasteiger partial charge in [-0.2, -0.15) is 4.39 Å². The van der Waals surface area contributed by atoms with Crippen LogP contribution in [0.25, 0.3) is 0 Å². The third-order valence-corrected chi connectivity index (χ3v) is 5.24. The lowest BCUT2D eigenvalue weighted by Crippen LogP contribution is -2.58. The zero-order chi connectivity index (χ0) is 16.7. The molecule has 1 aliphatic carbocycles. The number of ether oxygens (including phenoxy) is 1. The van der Waals surface area contributed by atoms with E-state index in [-0.39, 0.29) is 29.5 Å². The first kappa shape index (κ1) is 15.5. The van der Waals surface area contributed by atoms with Crippen LogP contribution in [0, 0.1) is 11.4 Å². The number of likely N-dealkylation sites (tertiary alicyclic amines) is 1. The van der Waals surface area contributed by atoms with E-state index in [0.29, 0.717) is 32.5 Å². The molecule has 1 aromatic heterocycles. The third-order valence-electron chi connectivity index (χ3n) is 5.24. The van der Waals surface area contributed by atoms with Gasteiger partial charge in [-0.1, -0.05) is 0 Å². The predicted octanol–water partition coefficient (Wildman–Crippen LogP) is 1.12. The van der Waals surface area contributed by atoms with Gasteiger partial charge in [0.2, 0.25) is 11.9 Å².